The molecule has 1 aromatic rings. The van der Waals surface area contributed by atoms with Crippen molar-refractivity contribution in [2.75, 3.05) is 13.7 Å². The van der Waals surface area contributed by atoms with Gasteiger partial charge in [0.1, 0.15) is 0 Å². The Hall–Kier alpha value is -1.22. The summed E-state index contributed by atoms with van der Waals surface area (Å²) >= 11 is 0. The van der Waals surface area contributed by atoms with E-state index in [-0.39, 0.29) is 11.2 Å². The number of aryl methyl sites for hydroxylation is 1. The Labute approximate surface area is 109 Å². The molecular weight excluding hydrogens is 226 g/mol. The van der Waals surface area contributed by atoms with Crippen LogP contribution in [0.2, 0.25) is 0 Å². The van der Waals surface area contributed by atoms with Gasteiger partial charge in [-0.3, -0.25) is 0 Å². The molecule has 0 heterocycles. The average Bonchev–Trinajstić information content (AvgIpc) is 2.84. The molecule has 1 aliphatic rings. The first kappa shape index (κ1) is 13.2. The molecule has 1 saturated carbocycles. The number of phenolic OH excluding ortho intramolecular Hbond substituents is 1. The maximum Gasteiger partial charge on any atom is 0.163 e. The molecule has 0 amide bonds. The third-order valence-electron chi connectivity index (χ3n) is 4.42. The monoisotopic (exact) mass is 249 g/mol. The first-order valence-electron chi connectivity index (χ1n) is 6.63. The van der Waals surface area contributed by atoms with E-state index in [1.54, 1.807) is 7.11 Å². The molecule has 0 aromatic heterocycles. The third kappa shape index (κ3) is 1.87. The van der Waals surface area contributed by atoms with Crippen LogP contribution < -0.4 is 10.5 Å². The molecule has 1 aliphatic carbocycles. The summed E-state index contributed by atoms with van der Waals surface area (Å²) in [4.78, 5) is 0. The molecule has 18 heavy (non-hydrogen) atoms. The lowest BCUT2D eigenvalue weighted by Gasteiger charge is -2.31. The molecule has 3 heteroatoms. The lowest BCUT2D eigenvalue weighted by molar-refractivity contribution is 0.364. The summed E-state index contributed by atoms with van der Waals surface area (Å²) < 4.78 is 5.36. The molecule has 1 aromatic carbocycles. The number of rotatable bonds is 3. The van der Waals surface area contributed by atoms with E-state index >= 15 is 0 Å². The van der Waals surface area contributed by atoms with Gasteiger partial charge >= 0.3 is 0 Å². The summed E-state index contributed by atoms with van der Waals surface area (Å²) in [6, 6.07) is 2.09. The Morgan fingerprint density at radius 3 is 2.44 bits per heavy atom. The minimum Gasteiger partial charge on any atom is -0.504 e. The fourth-order valence-corrected chi connectivity index (χ4v) is 3.31. The van der Waals surface area contributed by atoms with Crippen LogP contribution in [0.25, 0.3) is 0 Å². The van der Waals surface area contributed by atoms with Crippen molar-refractivity contribution in [1.29, 1.82) is 0 Å². The van der Waals surface area contributed by atoms with Crippen LogP contribution >= 0.6 is 0 Å². The van der Waals surface area contributed by atoms with Gasteiger partial charge in [0.2, 0.25) is 0 Å². The van der Waals surface area contributed by atoms with E-state index in [2.05, 4.69) is 6.07 Å². The van der Waals surface area contributed by atoms with Gasteiger partial charge in [0.15, 0.2) is 11.5 Å². The van der Waals surface area contributed by atoms with Crippen LogP contribution in [0.4, 0.5) is 0 Å². The number of aromatic hydroxyl groups is 1. The van der Waals surface area contributed by atoms with Crippen LogP contribution in [0.5, 0.6) is 11.5 Å². The Bertz CT molecular complexity index is 448. The standard InChI is InChI=1S/C15H23NO2/c1-10-8-12(11(2)14(18-3)13(10)17)15(9-16)6-4-5-7-15/h8,17H,4-7,9,16H2,1-3H3. The molecule has 1 fully saturated rings. The fourth-order valence-electron chi connectivity index (χ4n) is 3.31. The van der Waals surface area contributed by atoms with E-state index in [4.69, 9.17) is 10.5 Å². The van der Waals surface area contributed by atoms with Crippen molar-refractivity contribution >= 4 is 0 Å². The van der Waals surface area contributed by atoms with Gasteiger partial charge in [-0.2, -0.15) is 0 Å². The van der Waals surface area contributed by atoms with Crippen molar-refractivity contribution in [1.82, 2.24) is 0 Å². The SMILES string of the molecule is COc1c(C)c(C2(CN)CCCC2)cc(C)c1O. The minimum atomic E-state index is 0.0792. The predicted molar refractivity (Wildman–Crippen MR) is 73.3 cm³/mol. The minimum absolute atomic E-state index is 0.0792. The second-order valence-electron chi connectivity index (χ2n) is 5.44. The van der Waals surface area contributed by atoms with Crippen LogP contribution in [-0.4, -0.2) is 18.8 Å². The van der Waals surface area contributed by atoms with Gasteiger partial charge in [-0.1, -0.05) is 18.9 Å². The molecule has 3 N–H and O–H groups in total. The first-order valence-corrected chi connectivity index (χ1v) is 6.63. The van der Waals surface area contributed by atoms with Crippen molar-refractivity contribution < 1.29 is 9.84 Å². The largest absolute Gasteiger partial charge is 0.504 e. The van der Waals surface area contributed by atoms with Gasteiger partial charge in [0, 0.05) is 12.0 Å². The maximum atomic E-state index is 10.0. The van der Waals surface area contributed by atoms with E-state index in [0.29, 0.717) is 12.3 Å². The lowest BCUT2D eigenvalue weighted by atomic mass is 9.76. The molecule has 2 rings (SSSR count). The fraction of sp³-hybridized carbons (Fsp3) is 0.600. The summed E-state index contributed by atoms with van der Waals surface area (Å²) in [5.74, 6) is 0.855. The zero-order chi connectivity index (χ0) is 13.3. The molecule has 0 aliphatic heterocycles. The highest BCUT2D eigenvalue weighted by molar-refractivity contribution is 5.56. The Morgan fingerprint density at radius 1 is 1.33 bits per heavy atom. The zero-order valence-corrected chi connectivity index (χ0v) is 11.5. The highest BCUT2D eigenvalue weighted by atomic mass is 16.5. The van der Waals surface area contributed by atoms with Crippen LogP contribution in [0.1, 0.15) is 42.4 Å². The Morgan fingerprint density at radius 2 is 1.94 bits per heavy atom. The van der Waals surface area contributed by atoms with Crippen molar-refractivity contribution in [3.8, 4) is 11.5 Å². The van der Waals surface area contributed by atoms with Crippen molar-refractivity contribution in [2.24, 2.45) is 5.73 Å². The normalized spacial score (nSPS) is 18.0. The molecule has 0 bridgehead atoms. The molecule has 0 atom stereocenters. The number of nitrogens with two attached hydrogens (primary N) is 1. The number of hydrogen-bond donors (Lipinski definition) is 2. The lowest BCUT2D eigenvalue weighted by Crippen LogP contribution is -2.33. The Kier molecular flexibility index (Phi) is 3.53. The van der Waals surface area contributed by atoms with E-state index in [1.807, 2.05) is 13.8 Å². The van der Waals surface area contributed by atoms with E-state index in [1.165, 1.54) is 18.4 Å². The highest BCUT2D eigenvalue weighted by Gasteiger charge is 2.36. The molecule has 3 nitrogen and oxygen atoms in total. The van der Waals surface area contributed by atoms with Gasteiger partial charge in [0.05, 0.1) is 7.11 Å². The Balaban J connectivity index is 2.60. The van der Waals surface area contributed by atoms with Crippen LogP contribution in [0.15, 0.2) is 6.07 Å². The number of ether oxygens (including phenoxy) is 1. The van der Waals surface area contributed by atoms with Crippen molar-refractivity contribution in [3.63, 3.8) is 0 Å². The van der Waals surface area contributed by atoms with E-state index in [0.717, 1.165) is 24.0 Å². The average molecular weight is 249 g/mol. The highest BCUT2D eigenvalue weighted by Crippen LogP contribution is 2.46. The summed E-state index contributed by atoms with van der Waals surface area (Å²) in [5.41, 5.74) is 9.29. The first-order chi connectivity index (χ1) is 8.55. The number of methoxy groups -OCH3 is 1. The van der Waals surface area contributed by atoms with Gasteiger partial charge < -0.3 is 15.6 Å². The topological polar surface area (TPSA) is 55.5 Å². The molecule has 0 spiro atoms. The van der Waals surface area contributed by atoms with Crippen LogP contribution in [0, 0.1) is 13.8 Å². The summed E-state index contributed by atoms with van der Waals surface area (Å²) in [5, 5.41) is 10.0. The molecule has 0 unspecified atom stereocenters. The maximum absolute atomic E-state index is 10.0. The quantitative estimate of drug-likeness (QED) is 0.866. The predicted octanol–water partition coefficient (Wildman–Crippen LogP) is 2.79. The van der Waals surface area contributed by atoms with Gasteiger partial charge in [-0.15, -0.1) is 0 Å². The smallest absolute Gasteiger partial charge is 0.163 e. The second kappa shape index (κ2) is 4.81. The van der Waals surface area contributed by atoms with Gasteiger partial charge in [-0.25, -0.2) is 0 Å². The third-order valence-corrected chi connectivity index (χ3v) is 4.42. The summed E-state index contributed by atoms with van der Waals surface area (Å²) in [6.45, 7) is 4.60. The van der Waals surface area contributed by atoms with Gasteiger partial charge in [0.25, 0.3) is 0 Å². The second-order valence-corrected chi connectivity index (χ2v) is 5.44. The summed E-state index contributed by atoms with van der Waals surface area (Å²) in [7, 11) is 1.61. The van der Waals surface area contributed by atoms with Crippen LogP contribution in [0.3, 0.4) is 0 Å². The zero-order valence-electron chi connectivity index (χ0n) is 11.5. The molecule has 100 valence electrons. The summed E-state index contributed by atoms with van der Waals surface area (Å²) in [6.07, 6.45) is 4.74. The molecular formula is C15H23NO2. The van der Waals surface area contributed by atoms with Gasteiger partial charge in [-0.05, 0) is 43.4 Å². The van der Waals surface area contributed by atoms with Crippen molar-refractivity contribution in [2.45, 2.75) is 44.9 Å². The molecule has 0 saturated heterocycles. The number of hydrogen-bond acceptors (Lipinski definition) is 3. The van der Waals surface area contributed by atoms with E-state index < -0.39 is 0 Å². The van der Waals surface area contributed by atoms with Crippen LogP contribution in [-0.2, 0) is 5.41 Å². The van der Waals surface area contributed by atoms with Crippen molar-refractivity contribution in [3.05, 3.63) is 22.8 Å². The van der Waals surface area contributed by atoms with E-state index in [9.17, 15) is 5.11 Å². The number of phenols is 1. The number of benzene rings is 1. The molecule has 0 radical (unpaired) electrons.